The summed E-state index contributed by atoms with van der Waals surface area (Å²) < 4.78 is 16.4. The molecule has 0 bridgehead atoms. The van der Waals surface area contributed by atoms with Crippen molar-refractivity contribution >= 4 is 17.5 Å². The Labute approximate surface area is 175 Å². The number of ether oxygens (including phenoxy) is 2. The van der Waals surface area contributed by atoms with Gasteiger partial charge < -0.3 is 24.5 Å². The third-order valence-electron chi connectivity index (χ3n) is 4.19. The van der Waals surface area contributed by atoms with E-state index in [2.05, 4.69) is 10.6 Å². The van der Waals surface area contributed by atoms with Crippen molar-refractivity contribution < 1.29 is 23.5 Å². The van der Waals surface area contributed by atoms with Crippen LogP contribution in [0.2, 0.25) is 0 Å². The van der Waals surface area contributed by atoms with Crippen LogP contribution in [0.5, 0.6) is 11.5 Å². The van der Waals surface area contributed by atoms with Gasteiger partial charge in [0.25, 0.3) is 5.91 Å². The first kappa shape index (κ1) is 21.0. The molecule has 2 aromatic carbocycles. The van der Waals surface area contributed by atoms with Crippen molar-refractivity contribution in [1.29, 1.82) is 0 Å². The molecular formula is C23H24N2O5. The lowest BCUT2D eigenvalue weighted by Gasteiger charge is -2.12. The highest BCUT2D eigenvalue weighted by Gasteiger charge is 2.13. The van der Waals surface area contributed by atoms with Crippen molar-refractivity contribution in [3.8, 4) is 22.8 Å². The predicted octanol–water partition coefficient (Wildman–Crippen LogP) is 4.11. The van der Waals surface area contributed by atoms with E-state index in [1.54, 1.807) is 36.6 Å². The van der Waals surface area contributed by atoms with Crippen molar-refractivity contribution in [2.45, 2.75) is 13.8 Å². The number of benzene rings is 2. The van der Waals surface area contributed by atoms with Crippen molar-refractivity contribution in [2.24, 2.45) is 0 Å². The van der Waals surface area contributed by atoms with E-state index < -0.39 is 0 Å². The molecule has 7 heteroatoms. The molecular weight excluding hydrogens is 384 g/mol. The van der Waals surface area contributed by atoms with Gasteiger partial charge in [-0.15, -0.1) is 0 Å². The summed E-state index contributed by atoms with van der Waals surface area (Å²) in [5, 5.41) is 5.36. The molecule has 3 rings (SSSR count). The highest BCUT2D eigenvalue weighted by molar-refractivity contribution is 5.99. The second-order valence-corrected chi connectivity index (χ2v) is 6.31. The summed E-state index contributed by atoms with van der Waals surface area (Å²) in [4.78, 5) is 24.6. The Bertz CT molecular complexity index is 981. The van der Waals surface area contributed by atoms with E-state index in [-0.39, 0.29) is 18.4 Å². The number of carbonyl (C=O) groups excluding carboxylic acids is 2. The maximum absolute atomic E-state index is 12.4. The van der Waals surface area contributed by atoms with Crippen LogP contribution in [0.1, 0.15) is 24.2 Å². The van der Waals surface area contributed by atoms with Crippen LogP contribution in [-0.4, -0.2) is 31.6 Å². The fraction of sp³-hybridized carbons (Fsp3) is 0.217. The van der Waals surface area contributed by atoms with E-state index in [4.69, 9.17) is 13.9 Å². The van der Waals surface area contributed by atoms with Gasteiger partial charge in [0.1, 0.15) is 5.76 Å². The van der Waals surface area contributed by atoms with Crippen LogP contribution in [0.15, 0.2) is 65.3 Å². The predicted molar refractivity (Wildman–Crippen MR) is 114 cm³/mol. The molecule has 2 N–H and O–H groups in total. The first-order valence-electron chi connectivity index (χ1n) is 9.72. The van der Waals surface area contributed by atoms with E-state index in [1.807, 2.05) is 38.1 Å². The molecule has 0 fully saturated rings. The molecule has 0 unspecified atom stereocenters. The zero-order valence-corrected chi connectivity index (χ0v) is 16.9. The van der Waals surface area contributed by atoms with Gasteiger partial charge in [-0.05, 0) is 68.4 Å². The standard InChI is InChI=1S/C23H24N2O5/c1-3-28-20-12-9-17(14-21(20)29-4-2)23(27)24-15-22(26)25-18-10-7-16(8-11-18)19-6-5-13-30-19/h5-14H,3-4,15H2,1-2H3,(H,24,27)(H,25,26). The number of hydrogen-bond acceptors (Lipinski definition) is 5. The van der Waals surface area contributed by atoms with Crippen LogP contribution in [0.3, 0.4) is 0 Å². The molecule has 156 valence electrons. The molecule has 2 amide bonds. The highest BCUT2D eigenvalue weighted by Crippen LogP contribution is 2.28. The molecule has 30 heavy (non-hydrogen) atoms. The molecule has 0 radical (unpaired) electrons. The molecule has 0 aliphatic heterocycles. The summed E-state index contributed by atoms with van der Waals surface area (Å²) in [7, 11) is 0. The summed E-state index contributed by atoms with van der Waals surface area (Å²) in [6.45, 7) is 4.52. The second kappa shape index (κ2) is 10.2. The third-order valence-corrected chi connectivity index (χ3v) is 4.19. The molecule has 0 aliphatic carbocycles. The Morgan fingerprint density at radius 1 is 0.933 bits per heavy atom. The smallest absolute Gasteiger partial charge is 0.251 e. The SMILES string of the molecule is CCOc1ccc(C(=O)NCC(=O)Nc2ccc(-c3ccco3)cc2)cc1OCC. The number of hydrogen-bond donors (Lipinski definition) is 2. The Morgan fingerprint density at radius 2 is 1.67 bits per heavy atom. The van der Waals surface area contributed by atoms with Crippen LogP contribution in [0, 0.1) is 0 Å². The van der Waals surface area contributed by atoms with E-state index in [9.17, 15) is 9.59 Å². The van der Waals surface area contributed by atoms with Gasteiger partial charge in [0.2, 0.25) is 5.91 Å². The fourth-order valence-electron chi connectivity index (χ4n) is 2.82. The normalized spacial score (nSPS) is 10.3. The van der Waals surface area contributed by atoms with Crippen molar-refractivity contribution in [3.63, 3.8) is 0 Å². The van der Waals surface area contributed by atoms with Crippen LogP contribution >= 0.6 is 0 Å². The minimum absolute atomic E-state index is 0.157. The van der Waals surface area contributed by atoms with Crippen LogP contribution < -0.4 is 20.1 Å². The molecule has 0 saturated heterocycles. The minimum Gasteiger partial charge on any atom is -0.490 e. The number of amides is 2. The van der Waals surface area contributed by atoms with Crippen molar-refractivity contribution in [1.82, 2.24) is 5.32 Å². The average molecular weight is 408 g/mol. The quantitative estimate of drug-likeness (QED) is 0.556. The summed E-state index contributed by atoms with van der Waals surface area (Å²) >= 11 is 0. The van der Waals surface area contributed by atoms with Gasteiger partial charge in [-0.1, -0.05) is 0 Å². The summed E-state index contributed by atoms with van der Waals surface area (Å²) in [5.41, 5.74) is 1.92. The first-order valence-corrected chi connectivity index (χ1v) is 9.72. The molecule has 0 spiro atoms. The van der Waals surface area contributed by atoms with Gasteiger partial charge in [-0.25, -0.2) is 0 Å². The zero-order chi connectivity index (χ0) is 21.3. The van der Waals surface area contributed by atoms with Crippen LogP contribution in [0.4, 0.5) is 5.69 Å². The van der Waals surface area contributed by atoms with Gasteiger partial charge in [0.15, 0.2) is 11.5 Å². The molecule has 7 nitrogen and oxygen atoms in total. The number of anilines is 1. The summed E-state index contributed by atoms with van der Waals surface area (Å²) in [6.07, 6.45) is 1.61. The van der Waals surface area contributed by atoms with Gasteiger partial charge in [-0.3, -0.25) is 9.59 Å². The van der Waals surface area contributed by atoms with E-state index in [0.29, 0.717) is 36.0 Å². The molecule has 1 aromatic heterocycles. The lowest BCUT2D eigenvalue weighted by atomic mass is 10.1. The Morgan fingerprint density at radius 3 is 2.33 bits per heavy atom. The molecule has 0 saturated carbocycles. The maximum Gasteiger partial charge on any atom is 0.251 e. The maximum atomic E-state index is 12.4. The molecule has 0 atom stereocenters. The van der Waals surface area contributed by atoms with Gasteiger partial charge >= 0.3 is 0 Å². The molecule has 1 heterocycles. The highest BCUT2D eigenvalue weighted by atomic mass is 16.5. The number of nitrogens with one attached hydrogen (secondary N) is 2. The zero-order valence-electron chi connectivity index (χ0n) is 16.9. The Hall–Kier alpha value is -3.74. The lowest BCUT2D eigenvalue weighted by Crippen LogP contribution is -2.32. The third kappa shape index (κ3) is 5.41. The van der Waals surface area contributed by atoms with Gasteiger partial charge in [0, 0.05) is 16.8 Å². The number of rotatable bonds is 9. The first-order chi connectivity index (χ1) is 14.6. The lowest BCUT2D eigenvalue weighted by molar-refractivity contribution is -0.115. The Balaban J connectivity index is 1.55. The summed E-state index contributed by atoms with van der Waals surface area (Å²) in [5.74, 6) is 1.12. The average Bonchev–Trinajstić information content (AvgIpc) is 3.29. The fourth-order valence-corrected chi connectivity index (χ4v) is 2.82. The van der Waals surface area contributed by atoms with E-state index in [0.717, 1.165) is 11.3 Å². The Kier molecular flexibility index (Phi) is 7.10. The monoisotopic (exact) mass is 408 g/mol. The molecule has 3 aromatic rings. The van der Waals surface area contributed by atoms with Gasteiger partial charge in [-0.2, -0.15) is 0 Å². The second-order valence-electron chi connectivity index (χ2n) is 6.31. The van der Waals surface area contributed by atoms with Crippen molar-refractivity contribution in [2.75, 3.05) is 25.1 Å². The molecule has 0 aliphatic rings. The van der Waals surface area contributed by atoms with E-state index >= 15 is 0 Å². The van der Waals surface area contributed by atoms with Gasteiger partial charge in [0.05, 0.1) is 26.0 Å². The largest absolute Gasteiger partial charge is 0.490 e. The number of furan rings is 1. The number of carbonyl (C=O) groups is 2. The van der Waals surface area contributed by atoms with Crippen LogP contribution in [0.25, 0.3) is 11.3 Å². The van der Waals surface area contributed by atoms with Crippen molar-refractivity contribution in [3.05, 3.63) is 66.4 Å². The van der Waals surface area contributed by atoms with E-state index in [1.165, 1.54) is 0 Å². The summed E-state index contributed by atoms with van der Waals surface area (Å²) in [6, 6.07) is 15.9. The minimum atomic E-state index is -0.373. The van der Waals surface area contributed by atoms with Crippen LogP contribution in [-0.2, 0) is 4.79 Å². The topological polar surface area (TPSA) is 89.8 Å².